The summed E-state index contributed by atoms with van der Waals surface area (Å²) in [5, 5.41) is 0. The predicted molar refractivity (Wildman–Crippen MR) is 68.5 cm³/mol. The van der Waals surface area contributed by atoms with Gasteiger partial charge in [0.2, 0.25) is 0 Å². The molecule has 1 aliphatic rings. The quantitative estimate of drug-likeness (QED) is 0.737. The Morgan fingerprint density at radius 1 is 1.18 bits per heavy atom. The SMILES string of the molecule is CC1(COc2ccc(C=O)cc2)CCCCC1. The minimum atomic E-state index is 0.335. The third-order valence-corrected chi connectivity index (χ3v) is 3.66. The maximum atomic E-state index is 10.5. The van der Waals surface area contributed by atoms with Crippen LogP contribution in [0.5, 0.6) is 5.75 Å². The number of hydrogen-bond donors (Lipinski definition) is 0. The second-order valence-electron chi connectivity index (χ2n) is 5.35. The van der Waals surface area contributed by atoms with E-state index in [2.05, 4.69) is 6.92 Å². The van der Waals surface area contributed by atoms with E-state index in [0.29, 0.717) is 11.0 Å². The molecule has 0 saturated heterocycles. The molecule has 0 atom stereocenters. The van der Waals surface area contributed by atoms with Crippen LogP contribution in [0.4, 0.5) is 0 Å². The molecule has 0 heterocycles. The van der Waals surface area contributed by atoms with E-state index in [1.165, 1.54) is 32.1 Å². The van der Waals surface area contributed by atoms with Gasteiger partial charge in [-0.05, 0) is 37.1 Å². The molecule has 0 aliphatic heterocycles. The Balaban J connectivity index is 1.89. The summed E-state index contributed by atoms with van der Waals surface area (Å²) in [5.41, 5.74) is 1.03. The van der Waals surface area contributed by atoms with E-state index in [1.807, 2.05) is 12.1 Å². The largest absolute Gasteiger partial charge is 0.493 e. The molecular formula is C15H20O2. The molecule has 2 nitrogen and oxygen atoms in total. The fraction of sp³-hybridized carbons (Fsp3) is 0.533. The highest BCUT2D eigenvalue weighted by atomic mass is 16.5. The first kappa shape index (κ1) is 12.2. The molecule has 0 unspecified atom stereocenters. The molecule has 0 bridgehead atoms. The number of carbonyl (C=O) groups excluding carboxylic acids is 1. The number of carbonyl (C=O) groups is 1. The van der Waals surface area contributed by atoms with E-state index in [0.717, 1.165) is 18.6 Å². The van der Waals surface area contributed by atoms with Crippen molar-refractivity contribution in [2.45, 2.75) is 39.0 Å². The van der Waals surface area contributed by atoms with Crippen molar-refractivity contribution in [1.29, 1.82) is 0 Å². The lowest BCUT2D eigenvalue weighted by molar-refractivity contribution is 0.112. The average molecular weight is 232 g/mol. The van der Waals surface area contributed by atoms with Gasteiger partial charge in [0.1, 0.15) is 12.0 Å². The molecule has 1 aromatic carbocycles. The smallest absolute Gasteiger partial charge is 0.150 e. The molecule has 92 valence electrons. The monoisotopic (exact) mass is 232 g/mol. The van der Waals surface area contributed by atoms with Crippen molar-refractivity contribution in [2.75, 3.05) is 6.61 Å². The van der Waals surface area contributed by atoms with E-state index < -0.39 is 0 Å². The van der Waals surface area contributed by atoms with Gasteiger partial charge in [-0.3, -0.25) is 4.79 Å². The predicted octanol–water partition coefficient (Wildman–Crippen LogP) is 3.85. The topological polar surface area (TPSA) is 26.3 Å². The number of hydrogen-bond acceptors (Lipinski definition) is 2. The van der Waals surface area contributed by atoms with Crippen molar-refractivity contribution in [2.24, 2.45) is 5.41 Å². The van der Waals surface area contributed by atoms with Gasteiger partial charge in [-0.15, -0.1) is 0 Å². The molecule has 2 rings (SSSR count). The summed E-state index contributed by atoms with van der Waals surface area (Å²) < 4.78 is 5.83. The van der Waals surface area contributed by atoms with Crippen molar-refractivity contribution in [3.8, 4) is 5.75 Å². The van der Waals surface area contributed by atoms with E-state index in [4.69, 9.17) is 4.74 Å². The number of rotatable bonds is 4. The van der Waals surface area contributed by atoms with Gasteiger partial charge in [-0.1, -0.05) is 26.2 Å². The first-order chi connectivity index (χ1) is 8.22. The summed E-state index contributed by atoms with van der Waals surface area (Å²) >= 11 is 0. The van der Waals surface area contributed by atoms with Crippen molar-refractivity contribution >= 4 is 6.29 Å². The number of benzene rings is 1. The molecule has 2 heteroatoms. The highest BCUT2D eigenvalue weighted by Gasteiger charge is 2.27. The van der Waals surface area contributed by atoms with Crippen LogP contribution in [0.25, 0.3) is 0 Å². The van der Waals surface area contributed by atoms with Gasteiger partial charge in [-0.2, -0.15) is 0 Å². The molecule has 0 N–H and O–H groups in total. The van der Waals surface area contributed by atoms with Crippen molar-refractivity contribution in [1.82, 2.24) is 0 Å². The van der Waals surface area contributed by atoms with Gasteiger partial charge in [-0.25, -0.2) is 0 Å². The maximum Gasteiger partial charge on any atom is 0.150 e. The van der Waals surface area contributed by atoms with Crippen LogP contribution in [0, 0.1) is 5.41 Å². The fourth-order valence-electron chi connectivity index (χ4n) is 2.45. The molecular weight excluding hydrogens is 212 g/mol. The van der Waals surface area contributed by atoms with E-state index in [9.17, 15) is 4.79 Å². The molecule has 1 aromatic rings. The summed E-state index contributed by atoms with van der Waals surface area (Å²) in [6.45, 7) is 3.10. The first-order valence-electron chi connectivity index (χ1n) is 6.40. The summed E-state index contributed by atoms with van der Waals surface area (Å²) in [6, 6.07) is 7.34. The van der Waals surface area contributed by atoms with Crippen LogP contribution in [-0.4, -0.2) is 12.9 Å². The van der Waals surface area contributed by atoms with E-state index in [-0.39, 0.29) is 0 Å². The van der Waals surface area contributed by atoms with E-state index in [1.54, 1.807) is 12.1 Å². The Morgan fingerprint density at radius 3 is 2.41 bits per heavy atom. The third-order valence-electron chi connectivity index (χ3n) is 3.66. The molecule has 1 aliphatic carbocycles. The molecule has 0 spiro atoms. The van der Waals surface area contributed by atoms with Crippen LogP contribution < -0.4 is 4.74 Å². The van der Waals surface area contributed by atoms with Crippen LogP contribution in [0.2, 0.25) is 0 Å². The van der Waals surface area contributed by atoms with Gasteiger partial charge < -0.3 is 4.74 Å². The lowest BCUT2D eigenvalue weighted by Crippen LogP contribution is -2.27. The lowest BCUT2D eigenvalue weighted by atomic mass is 9.76. The third kappa shape index (κ3) is 3.32. The molecule has 1 fully saturated rings. The Kier molecular flexibility index (Phi) is 3.82. The zero-order valence-corrected chi connectivity index (χ0v) is 10.4. The van der Waals surface area contributed by atoms with Crippen LogP contribution in [0.15, 0.2) is 24.3 Å². The maximum absolute atomic E-state index is 10.5. The van der Waals surface area contributed by atoms with Crippen LogP contribution >= 0.6 is 0 Å². The zero-order chi connectivity index (χ0) is 12.1. The second-order valence-corrected chi connectivity index (χ2v) is 5.35. The molecule has 0 amide bonds. The van der Waals surface area contributed by atoms with Crippen molar-refractivity contribution in [3.63, 3.8) is 0 Å². The normalized spacial score (nSPS) is 18.6. The first-order valence-corrected chi connectivity index (χ1v) is 6.40. The highest BCUT2D eigenvalue weighted by Crippen LogP contribution is 2.36. The number of ether oxygens (including phenoxy) is 1. The molecule has 17 heavy (non-hydrogen) atoms. The second kappa shape index (κ2) is 5.35. The van der Waals surface area contributed by atoms with Gasteiger partial charge in [0, 0.05) is 11.0 Å². The van der Waals surface area contributed by atoms with Crippen molar-refractivity contribution < 1.29 is 9.53 Å². The summed E-state index contributed by atoms with van der Waals surface area (Å²) in [6.07, 6.45) is 7.39. The van der Waals surface area contributed by atoms with Gasteiger partial charge >= 0.3 is 0 Å². The Hall–Kier alpha value is -1.31. The van der Waals surface area contributed by atoms with Crippen LogP contribution in [-0.2, 0) is 0 Å². The fourth-order valence-corrected chi connectivity index (χ4v) is 2.45. The zero-order valence-electron chi connectivity index (χ0n) is 10.4. The van der Waals surface area contributed by atoms with Gasteiger partial charge in [0.25, 0.3) is 0 Å². The minimum absolute atomic E-state index is 0.335. The highest BCUT2D eigenvalue weighted by molar-refractivity contribution is 5.74. The summed E-state index contributed by atoms with van der Waals surface area (Å²) in [7, 11) is 0. The Bertz CT molecular complexity index is 361. The molecule has 0 aromatic heterocycles. The van der Waals surface area contributed by atoms with Gasteiger partial charge in [0.15, 0.2) is 0 Å². The van der Waals surface area contributed by atoms with E-state index >= 15 is 0 Å². The van der Waals surface area contributed by atoms with Crippen LogP contribution in [0.3, 0.4) is 0 Å². The standard InChI is InChI=1S/C15H20O2/c1-15(9-3-2-4-10-15)12-17-14-7-5-13(11-16)6-8-14/h5-8,11H,2-4,9-10,12H2,1H3. The molecule has 0 radical (unpaired) electrons. The lowest BCUT2D eigenvalue weighted by Gasteiger charge is -2.33. The minimum Gasteiger partial charge on any atom is -0.493 e. The summed E-state index contributed by atoms with van der Waals surface area (Å²) in [5.74, 6) is 0.863. The van der Waals surface area contributed by atoms with Crippen LogP contribution in [0.1, 0.15) is 49.4 Å². The average Bonchev–Trinajstić information content (AvgIpc) is 2.38. The van der Waals surface area contributed by atoms with Crippen molar-refractivity contribution in [3.05, 3.63) is 29.8 Å². The van der Waals surface area contributed by atoms with Gasteiger partial charge in [0.05, 0.1) is 6.61 Å². The number of aldehydes is 1. The molecule has 1 saturated carbocycles. The Morgan fingerprint density at radius 2 is 1.82 bits per heavy atom. The summed E-state index contributed by atoms with van der Waals surface area (Å²) in [4.78, 5) is 10.5. The Labute approximate surface area is 103 Å².